The fraction of sp³-hybridized carbons (Fsp3) is 0.500. The molecule has 0 saturated carbocycles. The van der Waals surface area contributed by atoms with Crippen LogP contribution in [0.15, 0.2) is 60.7 Å². The van der Waals surface area contributed by atoms with Crippen LogP contribution in [-0.4, -0.2) is 64.3 Å². The lowest BCUT2D eigenvalue weighted by Gasteiger charge is -2.43. The van der Waals surface area contributed by atoms with Gasteiger partial charge in [0.25, 0.3) is 8.32 Å². The fourth-order valence-electron chi connectivity index (χ4n) is 4.74. The van der Waals surface area contributed by atoms with Crippen LogP contribution in [0, 0.1) is 0 Å². The van der Waals surface area contributed by atoms with Crippen molar-refractivity contribution in [3.63, 3.8) is 0 Å². The summed E-state index contributed by atoms with van der Waals surface area (Å²) in [4.78, 5) is 0. The SMILES string of the molecule is CC(C)(C)[Si](OCCO[C@H]1CO[C@H]2[C@@H]1OC[C@H]2O)(c1ccccc1)c1ccccc1. The molecule has 0 amide bonds. The van der Waals surface area contributed by atoms with Crippen LogP contribution in [0.2, 0.25) is 5.04 Å². The molecule has 6 heteroatoms. The van der Waals surface area contributed by atoms with Crippen LogP contribution < -0.4 is 10.4 Å². The first-order valence-electron chi connectivity index (χ1n) is 10.7. The van der Waals surface area contributed by atoms with Gasteiger partial charge in [-0.05, 0) is 15.4 Å². The fourth-order valence-corrected chi connectivity index (χ4v) is 9.29. The zero-order chi connectivity index (χ0) is 21.2. The molecule has 162 valence electrons. The average Bonchev–Trinajstić information content (AvgIpc) is 3.31. The number of benzene rings is 2. The van der Waals surface area contributed by atoms with Crippen molar-refractivity contribution < 1.29 is 23.7 Å². The Bertz CT molecular complexity index is 768. The predicted molar refractivity (Wildman–Crippen MR) is 119 cm³/mol. The quantitative estimate of drug-likeness (QED) is 0.541. The van der Waals surface area contributed by atoms with E-state index in [-0.39, 0.29) is 23.4 Å². The first-order chi connectivity index (χ1) is 14.4. The summed E-state index contributed by atoms with van der Waals surface area (Å²) in [5.41, 5.74) is 0. The van der Waals surface area contributed by atoms with Gasteiger partial charge in [-0.1, -0.05) is 81.4 Å². The van der Waals surface area contributed by atoms with Gasteiger partial charge in [0.1, 0.15) is 24.4 Å². The minimum Gasteiger partial charge on any atom is -0.405 e. The molecule has 1 N–H and O–H groups in total. The van der Waals surface area contributed by atoms with Crippen molar-refractivity contribution in [3.8, 4) is 0 Å². The van der Waals surface area contributed by atoms with Gasteiger partial charge in [-0.3, -0.25) is 0 Å². The van der Waals surface area contributed by atoms with Crippen molar-refractivity contribution in [2.75, 3.05) is 26.4 Å². The molecule has 0 spiro atoms. The predicted octanol–water partition coefficient (Wildman–Crippen LogP) is 2.11. The third-order valence-electron chi connectivity index (χ3n) is 6.13. The molecule has 2 fully saturated rings. The number of hydrogen-bond acceptors (Lipinski definition) is 5. The highest BCUT2D eigenvalue weighted by Gasteiger charge is 2.50. The largest absolute Gasteiger partial charge is 0.405 e. The smallest absolute Gasteiger partial charge is 0.261 e. The van der Waals surface area contributed by atoms with Crippen molar-refractivity contribution in [2.24, 2.45) is 0 Å². The number of hydrogen-bond donors (Lipinski definition) is 1. The van der Waals surface area contributed by atoms with Crippen LogP contribution in [0.3, 0.4) is 0 Å². The standard InChI is InChI=1S/C24H32O5Si/c1-24(2,3)30(18-10-6-4-7-11-18,19-12-8-5-9-13-19)29-15-14-26-21-17-28-22-20(25)16-27-23(21)22/h4-13,20-23,25H,14-17H2,1-3H3/t20-,21+,22-,23-/m1/s1. The van der Waals surface area contributed by atoms with Crippen LogP contribution in [0.5, 0.6) is 0 Å². The Morgan fingerprint density at radius 2 is 1.43 bits per heavy atom. The van der Waals surface area contributed by atoms with Gasteiger partial charge in [-0.2, -0.15) is 0 Å². The van der Waals surface area contributed by atoms with Crippen LogP contribution >= 0.6 is 0 Å². The summed E-state index contributed by atoms with van der Waals surface area (Å²) in [6, 6.07) is 21.2. The van der Waals surface area contributed by atoms with E-state index >= 15 is 0 Å². The molecule has 2 heterocycles. The van der Waals surface area contributed by atoms with Crippen molar-refractivity contribution in [2.45, 2.75) is 50.2 Å². The van der Waals surface area contributed by atoms with Gasteiger partial charge in [0.15, 0.2) is 0 Å². The van der Waals surface area contributed by atoms with E-state index in [4.69, 9.17) is 18.6 Å². The molecule has 4 rings (SSSR count). The summed E-state index contributed by atoms with van der Waals surface area (Å²) >= 11 is 0. The summed E-state index contributed by atoms with van der Waals surface area (Å²) < 4.78 is 24.2. The normalized spacial score (nSPS) is 26.7. The Hall–Kier alpha value is -1.54. The van der Waals surface area contributed by atoms with Crippen LogP contribution in [0.1, 0.15) is 20.8 Å². The lowest BCUT2D eigenvalue weighted by atomic mass is 10.1. The van der Waals surface area contributed by atoms with Gasteiger partial charge < -0.3 is 23.7 Å². The van der Waals surface area contributed by atoms with Crippen molar-refractivity contribution in [1.29, 1.82) is 0 Å². The van der Waals surface area contributed by atoms with E-state index in [0.717, 1.165) is 0 Å². The topological polar surface area (TPSA) is 57.2 Å². The van der Waals surface area contributed by atoms with Crippen LogP contribution in [0.25, 0.3) is 0 Å². The van der Waals surface area contributed by atoms with Crippen molar-refractivity contribution >= 4 is 18.7 Å². The molecule has 2 saturated heterocycles. The molecule has 2 aliphatic rings. The first-order valence-corrected chi connectivity index (χ1v) is 12.6. The Kier molecular flexibility index (Phi) is 6.44. The molecular weight excluding hydrogens is 396 g/mol. The molecule has 2 aromatic carbocycles. The maximum atomic E-state index is 9.91. The van der Waals surface area contributed by atoms with Gasteiger partial charge in [0.2, 0.25) is 0 Å². The van der Waals surface area contributed by atoms with Gasteiger partial charge in [-0.25, -0.2) is 0 Å². The van der Waals surface area contributed by atoms with E-state index in [1.165, 1.54) is 10.4 Å². The molecule has 0 bridgehead atoms. The van der Waals surface area contributed by atoms with E-state index in [9.17, 15) is 5.11 Å². The maximum Gasteiger partial charge on any atom is 0.261 e. The first kappa shape index (κ1) is 21.7. The van der Waals surface area contributed by atoms with E-state index < -0.39 is 14.4 Å². The number of fused-ring (bicyclic) bond motifs is 1. The van der Waals surface area contributed by atoms with E-state index in [1.54, 1.807) is 0 Å². The molecule has 0 radical (unpaired) electrons. The summed E-state index contributed by atoms with van der Waals surface area (Å²) in [7, 11) is -2.55. The molecule has 2 aromatic rings. The highest BCUT2D eigenvalue weighted by Crippen LogP contribution is 2.36. The zero-order valence-electron chi connectivity index (χ0n) is 18.0. The minimum atomic E-state index is -2.55. The lowest BCUT2D eigenvalue weighted by molar-refractivity contribution is -0.0441. The third-order valence-corrected chi connectivity index (χ3v) is 11.2. The van der Waals surface area contributed by atoms with E-state index in [2.05, 4.69) is 69.3 Å². The molecule has 0 aromatic heterocycles. The summed E-state index contributed by atoms with van der Waals surface area (Å²) in [6.07, 6.45) is -1.17. The molecule has 2 aliphatic heterocycles. The van der Waals surface area contributed by atoms with Crippen LogP contribution in [-0.2, 0) is 18.6 Å². The summed E-state index contributed by atoms with van der Waals surface area (Å²) in [6.45, 7) is 8.51. The zero-order valence-corrected chi connectivity index (χ0v) is 19.0. The summed E-state index contributed by atoms with van der Waals surface area (Å²) in [5, 5.41) is 12.4. The highest BCUT2D eigenvalue weighted by molar-refractivity contribution is 6.99. The number of rotatable bonds is 7. The Morgan fingerprint density at radius 3 is 2.00 bits per heavy atom. The highest BCUT2D eigenvalue weighted by atomic mass is 28.4. The van der Waals surface area contributed by atoms with Gasteiger partial charge in [0, 0.05) is 0 Å². The van der Waals surface area contributed by atoms with Gasteiger partial charge >= 0.3 is 0 Å². The second kappa shape index (κ2) is 8.90. The molecule has 30 heavy (non-hydrogen) atoms. The summed E-state index contributed by atoms with van der Waals surface area (Å²) in [5.74, 6) is 0. The second-order valence-electron chi connectivity index (χ2n) is 9.08. The Balaban J connectivity index is 1.51. The molecule has 5 nitrogen and oxygen atoms in total. The molecule has 0 aliphatic carbocycles. The number of aliphatic hydroxyl groups excluding tert-OH is 1. The number of ether oxygens (including phenoxy) is 3. The van der Waals surface area contributed by atoms with Crippen LogP contribution in [0.4, 0.5) is 0 Å². The molecule has 0 unspecified atom stereocenters. The third kappa shape index (κ3) is 4.00. The number of aliphatic hydroxyl groups is 1. The van der Waals surface area contributed by atoms with Crippen molar-refractivity contribution in [3.05, 3.63) is 60.7 Å². The molecular formula is C24H32O5Si. The van der Waals surface area contributed by atoms with Gasteiger partial charge in [-0.15, -0.1) is 0 Å². The van der Waals surface area contributed by atoms with E-state index in [0.29, 0.717) is 26.4 Å². The lowest BCUT2D eigenvalue weighted by Crippen LogP contribution is -2.66. The monoisotopic (exact) mass is 428 g/mol. The van der Waals surface area contributed by atoms with E-state index in [1.807, 2.05) is 12.1 Å². The Labute approximate surface area is 180 Å². The Morgan fingerprint density at radius 1 is 0.867 bits per heavy atom. The second-order valence-corrected chi connectivity index (χ2v) is 13.4. The van der Waals surface area contributed by atoms with Gasteiger partial charge in [0.05, 0.1) is 26.4 Å². The van der Waals surface area contributed by atoms with Crippen molar-refractivity contribution in [1.82, 2.24) is 0 Å². The average molecular weight is 429 g/mol. The minimum absolute atomic E-state index is 0.0596. The maximum absolute atomic E-state index is 9.91. The molecule has 4 atom stereocenters.